The zero-order chi connectivity index (χ0) is 15.6. The van der Waals surface area contributed by atoms with Crippen LogP contribution in [0.15, 0.2) is 26.2 Å². The van der Waals surface area contributed by atoms with E-state index in [0.717, 1.165) is 32.0 Å². The molecule has 0 atom stereocenters. The molecule has 2 N–H and O–H groups in total. The van der Waals surface area contributed by atoms with Crippen molar-refractivity contribution in [3.63, 3.8) is 0 Å². The van der Waals surface area contributed by atoms with Gasteiger partial charge in [0.15, 0.2) is 11.0 Å². The number of hydrogen-bond donors (Lipinski definition) is 2. The molecule has 0 aliphatic carbocycles. The fourth-order valence-electron chi connectivity index (χ4n) is 1.75. The summed E-state index contributed by atoms with van der Waals surface area (Å²) in [5, 5.41) is 26.5. The zero-order valence-corrected chi connectivity index (χ0v) is 14.9. The molecule has 0 radical (unpaired) electrons. The standard InChI is InChI=1S/C12H11Br2N3O3S/c1-6-2-7(13)11(8(14)3-6)17-9(4-18)15-16-12(17)21-5-10(19)20/h2-3,18H,4-5H2,1H3,(H,19,20). The third-order valence-electron chi connectivity index (χ3n) is 2.55. The van der Waals surface area contributed by atoms with E-state index >= 15 is 0 Å². The maximum absolute atomic E-state index is 10.7. The highest BCUT2D eigenvalue weighted by molar-refractivity contribution is 9.11. The number of rotatable bonds is 5. The summed E-state index contributed by atoms with van der Waals surface area (Å²) in [5.41, 5.74) is 1.78. The average molecular weight is 437 g/mol. The Morgan fingerprint density at radius 1 is 1.33 bits per heavy atom. The van der Waals surface area contributed by atoms with Crippen LogP contribution in [0.2, 0.25) is 0 Å². The third-order valence-corrected chi connectivity index (χ3v) is 4.67. The fraction of sp³-hybridized carbons (Fsp3) is 0.250. The third kappa shape index (κ3) is 3.65. The van der Waals surface area contributed by atoms with Crippen molar-refractivity contribution in [3.8, 4) is 5.69 Å². The molecule has 1 aromatic carbocycles. The smallest absolute Gasteiger partial charge is 0.313 e. The number of carboxylic acids is 1. The number of halogens is 2. The average Bonchev–Trinajstić information content (AvgIpc) is 2.78. The van der Waals surface area contributed by atoms with Crippen LogP contribution in [0.3, 0.4) is 0 Å². The second-order valence-corrected chi connectivity index (χ2v) is 6.80. The van der Waals surface area contributed by atoms with Gasteiger partial charge in [0.2, 0.25) is 0 Å². The van der Waals surface area contributed by atoms with E-state index in [1.54, 1.807) is 4.57 Å². The van der Waals surface area contributed by atoms with Crippen LogP contribution >= 0.6 is 43.6 Å². The molecule has 1 heterocycles. The van der Waals surface area contributed by atoms with Gasteiger partial charge in [0, 0.05) is 8.95 Å². The number of hydrogen-bond acceptors (Lipinski definition) is 5. The van der Waals surface area contributed by atoms with E-state index in [2.05, 4.69) is 42.1 Å². The number of carboxylic acid groups (broad SMARTS) is 1. The predicted molar refractivity (Wildman–Crippen MR) is 85.8 cm³/mol. The maximum Gasteiger partial charge on any atom is 0.313 e. The van der Waals surface area contributed by atoms with Gasteiger partial charge in [-0.05, 0) is 56.5 Å². The van der Waals surface area contributed by atoms with Crippen molar-refractivity contribution in [2.45, 2.75) is 18.7 Å². The monoisotopic (exact) mass is 435 g/mol. The number of carbonyl (C=O) groups is 1. The summed E-state index contributed by atoms with van der Waals surface area (Å²) in [4.78, 5) is 10.7. The number of nitrogens with zero attached hydrogens (tertiary/aromatic N) is 3. The lowest BCUT2D eigenvalue weighted by Gasteiger charge is -2.13. The summed E-state index contributed by atoms with van der Waals surface area (Å²) in [6.07, 6.45) is 0. The predicted octanol–water partition coefficient (Wildman–Crippen LogP) is 2.77. The molecule has 112 valence electrons. The van der Waals surface area contributed by atoms with Crippen LogP contribution in [0.25, 0.3) is 5.69 Å². The summed E-state index contributed by atoms with van der Waals surface area (Å²) in [5.74, 6) is -0.736. The van der Waals surface area contributed by atoms with Crippen LogP contribution in [0.1, 0.15) is 11.4 Å². The van der Waals surface area contributed by atoms with E-state index in [9.17, 15) is 9.90 Å². The van der Waals surface area contributed by atoms with E-state index in [1.165, 1.54) is 0 Å². The van der Waals surface area contributed by atoms with Gasteiger partial charge in [-0.25, -0.2) is 0 Å². The van der Waals surface area contributed by atoms with E-state index in [4.69, 9.17) is 5.11 Å². The first-order valence-corrected chi connectivity index (χ1v) is 8.37. The highest BCUT2D eigenvalue weighted by Gasteiger charge is 2.19. The first kappa shape index (κ1) is 16.5. The minimum absolute atomic E-state index is 0.134. The molecule has 0 spiro atoms. The molecule has 0 amide bonds. The van der Waals surface area contributed by atoms with Crippen molar-refractivity contribution in [2.75, 3.05) is 5.75 Å². The Hall–Kier alpha value is -0.900. The molecule has 0 saturated carbocycles. The molecule has 0 aliphatic heterocycles. The molecule has 0 bridgehead atoms. The lowest BCUT2D eigenvalue weighted by Crippen LogP contribution is -2.06. The summed E-state index contributed by atoms with van der Waals surface area (Å²) < 4.78 is 3.23. The summed E-state index contributed by atoms with van der Waals surface area (Å²) in [6.45, 7) is 1.66. The number of aliphatic hydroxyl groups is 1. The molecule has 0 saturated heterocycles. The van der Waals surface area contributed by atoms with Crippen molar-refractivity contribution < 1.29 is 15.0 Å². The molecular weight excluding hydrogens is 426 g/mol. The molecule has 2 aromatic rings. The SMILES string of the molecule is Cc1cc(Br)c(-n2c(CO)nnc2SCC(=O)O)c(Br)c1. The number of aryl methyl sites for hydroxylation is 1. The topological polar surface area (TPSA) is 88.2 Å². The normalized spacial score (nSPS) is 10.9. The van der Waals surface area contributed by atoms with E-state index < -0.39 is 5.97 Å². The Morgan fingerprint density at radius 3 is 2.48 bits per heavy atom. The van der Waals surface area contributed by atoms with Crippen LogP contribution in [0.4, 0.5) is 0 Å². The van der Waals surface area contributed by atoms with E-state index in [-0.39, 0.29) is 12.4 Å². The van der Waals surface area contributed by atoms with Crippen molar-refractivity contribution in [1.29, 1.82) is 0 Å². The Labute approximate surface area is 141 Å². The van der Waals surface area contributed by atoms with Gasteiger partial charge in [0.05, 0.1) is 11.4 Å². The number of aromatic nitrogens is 3. The lowest BCUT2D eigenvalue weighted by atomic mass is 10.2. The largest absolute Gasteiger partial charge is 0.481 e. The first-order valence-electron chi connectivity index (χ1n) is 5.79. The molecule has 9 heteroatoms. The summed E-state index contributed by atoms with van der Waals surface area (Å²) in [7, 11) is 0. The van der Waals surface area contributed by atoms with Gasteiger partial charge < -0.3 is 10.2 Å². The van der Waals surface area contributed by atoms with Crippen LogP contribution in [0.5, 0.6) is 0 Å². The van der Waals surface area contributed by atoms with Crippen LogP contribution in [-0.4, -0.2) is 36.7 Å². The van der Waals surface area contributed by atoms with Gasteiger partial charge in [-0.15, -0.1) is 10.2 Å². The second-order valence-electron chi connectivity index (χ2n) is 4.15. The molecule has 0 fully saturated rings. The van der Waals surface area contributed by atoms with Crippen molar-refractivity contribution in [1.82, 2.24) is 14.8 Å². The highest BCUT2D eigenvalue weighted by atomic mass is 79.9. The molecule has 1 aromatic heterocycles. The Balaban J connectivity index is 2.56. The van der Waals surface area contributed by atoms with Crippen LogP contribution in [0, 0.1) is 6.92 Å². The van der Waals surface area contributed by atoms with Gasteiger partial charge in [0.25, 0.3) is 0 Å². The van der Waals surface area contributed by atoms with Gasteiger partial charge in [-0.3, -0.25) is 9.36 Å². The van der Waals surface area contributed by atoms with Crippen LogP contribution in [-0.2, 0) is 11.4 Å². The number of aliphatic carboxylic acids is 1. The second kappa shape index (κ2) is 6.91. The maximum atomic E-state index is 10.7. The lowest BCUT2D eigenvalue weighted by molar-refractivity contribution is -0.133. The number of thioether (sulfide) groups is 1. The number of aliphatic hydroxyl groups excluding tert-OH is 1. The molecule has 2 rings (SSSR count). The quantitative estimate of drug-likeness (QED) is 0.700. The highest BCUT2D eigenvalue weighted by Crippen LogP contribution is 2.34. The molecule has 6 nitrogen and oxygen atoms in total. The Kier molecular flexibility index (Phi) is 5.42. The number of benzene rings is 1. The molecule has 0 aliphatic rings. The van der Waals surface area contributed by atoms with E-state index in [1.807, 2.05) is 19.1 Å². The van der Waals surface area contributed by atoms with Crippen molar-refractivity contribution in [3.05, 3.63) is 32.5 Å². The van der Waals surface area contributed by atoms with Crippen LogP contribution < -0.4 is 0 Å². The van der Waals surface area contributed by atoms with Gasteiger partial charge in [0.1, 0.15) is 6.61 Å². The minimum atomic E-state index is -0.942. The molecule has 21 heavy (non-hydrogen) atoms. The molecular formula is C12H11Br2N3O3S. The van der Waals surface area contributed by atoms with Crippen molar-refractivity contribution in [2.24, 2.45) is 0 Å². The Bertz CT molecular complexity index is 667. The molecule has 0 unspecified atom stereocenters. The summed E-state index contributed by atoms with van der Waals surface area (Å²) >= 11 is 8.01. The van der Waals surface area contributed by atoms with Crippen molar-refractivity contribution >= 4 is 49.6 Å². The Morgan fingerprint density at radius 2 is 1.95 bits per heavy atom. The van der Waals surface area contributed by atoms with E-state index in [0.29, 0.717) is 11.0 Å². The first-order chi connectivity index (χ1) is 9.93. The minimum Gasteiger partial charge on any atom is -0.481 e. The zero-order valence-electron chi connectivity index (χ0n) is 10.9. The summed E-state index contributed by atoms with van der Waals surface area (Å²) in [6, 6.07) is 3.85. The van der Waals surface area contributed by atoms with Gasteiger partial charge in [-0.1, -0.05) is 11.8 Å². The van der Waals surface area contributed by atoms with Gasteiger partial charge in [-0.2, -0.15) is 0 Å². The fourth-order valence-corrected chi connectivity index (χ4v) is 4.20. The van der Waals surface area contributed by atoms with Gasteiger partial charge >= 0.3 is 5.97 Å².